The zero-order valence-electron chi connectivity index (χ0n) is 19.3. The number of carbonyl (C=O) groups excluding carboxylic acids is 1. The number of nitrogens with one attached hydrogen (secondary N) is 1. The number of ether oxygens (including phenoxy) is 1. The van der Waals surface area contributed by atoms with E-state index in [9.17, 15) is 26.4 Å². The van der Waals surface area contributed by atoms with Gasteiger partial charge in [-0.05, 0) is 67.3 Å². The van der Waals surface area contributed by atoms with Crippen LogP contribution in [0.4, 0.5) is 13.2 Å². The lowest BCUT2D eigenvalue weighted by molar-refractivity contribution is -0.124. The first-order valence-corrected chi connectivity index (χ1v) is 12.6. The number of hydrogen-bond donors (Lipinski definition) is 1. The molecule has 1 saturated heterocycles. The van der Waals surface area contributed by atoms with Crippen LogP contribution in [0, 0.1) is 12.7 Å². The molecular weight excluding hydrogens is 495 g/mol. The third kappa shape index (κ3) is 5.85. The van der Waals surface area contributed by atoms with Crippen LogP contribution in [0.15, 0.2) is 65.7 Å². The van der Waals surface area contributed by atoms with Crippen molar-refractivity contribution in [3.8, 4) is 17.0 Å². The summed E-state index contributed by atoms with van der Waals surface area (Å²) >= 11 is 0. The third-order valence-corrected chi connectivity index (χ3v) is 7.73. The smallest absolute Gasteiger partial charge is 0.388 e. The van der Waals surface area contributed by atoms with Crippen molar-refractivity contribution in [2.24, 2.45) is 0 Å². The Morgan fingerprint density at radius 2 is 1.89 bits per heavy atom. The van der Waals surface area contributed by atoms with Crippen molar-refractivity contribution in [1.29, 1.82) is 0 Å². The largest absolute Gasteiger partial charge is 0.417 e. The van der Waals surface area contributed by atoms with Crippen LogP contribution in [0.3, 0.4) is 0 Å². The minimum Gasteiger partial charge on any atom is -0.417 e. The van der Waals surface area contributed by atoms with E-state index >= 15 is 0 Å². The summed E-state index contributed by atoms with van der Waals surface area (Å²) in [5.74, 6) is -1.16. The number of amides is 1. The van der Waals surface area contributed by atoms with Gasteiger partial charge in [0.1, 0.15) is 11.9 Å². The van der Waals surface area contributed by atoms with Crippen LogP contribution >= 0.6 is 0 Å². The molecule has 1 amide bonds. The van der Waals surface area contributed by atoms with Gasteiger partial charge in [0.05, 0.1) is 4.90 Å². The van der Waals surface area contributed by atoms with E-state index in [1.54, 1.807) is 6.07 Å². The van der Waals surface area contributed by atoms with E-state index in [-0.39, 0.29) is 23.9 Å². The standard InChI is InChI=1S/C25H24F3N3O4S/c1-16-11-17(13-19(12-16)18-4-9-23(29-15-18)35-25(27)28)14-30-24(32)22-3-2-10-31(22)36(33,34)21-7-5-20(26)6-8-21/h4-9,11-13,15,22,25H,2-3,10,14H2,1H3,(H,30,32). The quantitative estimate of drug-likeness (QED) is 0.480. The highest BCUT2D eigenvalue weighted by Gasteiger charge is 2.39. The number of rotatable bonds is 8. The molecule has 1 atom stereocenters. The predicted molar refractivity (Wildman–Crippen MR) is 126 cm³/mol. The number of pyridine rings is 1. The fourth-order valence-electron chi connectivity index (χ4n) is 4.18. The normalized spacial score (nSPS) is 16.3. The number of aromatic nitrogens is 1. The van der Waals surface area contributed by atoms with Crippen LogP contribution in [0.25, 0.3) is 11.1 Å². The lowest BCUT2D eigenvalue weighted by Gasteiger charge is -2.23. The molecule has 36 heavy (non-hydrogen) atoms. The van der Waals surface area contributed by atoms with Gasteiger partial charge in [-0.15, -0.1) is 0 Å². The molecule has 2 heterocycles. The average molecular weight is 520 g/mol. The first-order chi connectivity index (χ1) is 17.1. The zero-order chi connectivity index (χ0) is 25.9. The Kier molecular flexibility index (Phi) is 7.60. The lowest BCUT2D eigenvalue weighted by Crippen LogP contribution is -2.45. The van der Waals surface area contributed by atoms with E-state index in [1.165, 1.54) is 24.4 Å². The second kappa shape index (κ2) is 10.7. The van der Waals surface area contributed by atoms with Crippen LogP contribution < -0.4 is 10.1 Å². The fraction of sp³-hybridized carbons (Fsp3) is 0.280. The summed E-state index contributed by atoms with van der Waals surface area (Å²) < 4.78 is 69.4. The molecule has 1 aliphatic rings. The summed E-state index contributed by atoms with van der Waals surface area (Å²) in [4.78, 5) is 16.8. The number of benzene rings is 2. The van der Waals surface area contributed by atoms with E-state index < -0.39 is 34.4 Å². The number of alkyl halides is 2. The summed E-state index contributed by atoms with van der Waals surface area (Å²) in [6.07, 6.45) is 2.33. The van der Waals surface area contributed by atoms with Gasteiger partial charge in [-0.25, -0.2) is 17.8 Å². The first kappa shape index (κ1) is 25.6. The van der Waals surface area contributed by atoms with E-state index in [1.807, 2.05) is 25.1 Å². The molecule has 0 radical (unpaired) electrons. The van der Waals surface area contributed by atoms with Gasteiger partial charge in [-0.3, -0.25) is 4.79 Å². The fourth-order valence-corrected chi connectivity index (χ4v) is 5.84. The van der Waals surface area contributed by atoms with Gasteiger partial charge in [-0.1, -0.05) is 17.7 Å². The predicted octanol–water partition coefficient (Wildman–Crippen LogP) is 4.27. The zero-order valence-corrected chi connectivity index (χ0v) is 20.1. The topological polar surface area (TPSA) is 88.6 Å². The minimum atomic E-state index is -3.95. The van der Waals surface area contributed by atoms with Gasteiger partial charge in [0.2, 0.25) is 21.8 Å². The highest BCUT2D eigenvalue weighted by molar-refractivity contribution is 7.89. The number of hydrogen-bond acceptors (Lipinski definition) is 5. The summed E-state index contributed by atoms with van der Waals surface area (Å²) in [5, 5.41) is 2.82. The molecule has 1 N–H and O–H groups in total. The molecule has 4 rings (SSSR count). The molecule has 1 unspecified atom stereocenters. The van der Waals surface area contributed by atoms with Gasteiger partial charge >= 0.3 is 6.61 Å². The molecule has 3 aromatic rings. The Morgan fingerprint density at radius 3 is 2.56 bits per heavy atom. The summed E-state index contributed by atoms with van der Waals surface area (Å²) in [7, 11) is -3.95. The first-order valence-electron chi connectivity index (χ1n) is 11.2. The molecule has 11 heteroatoms. The SMILES string of the molecule is Cc1cc(CNC(=O)C2CCCN2S(=O)(=O)c2ccc(F)cc2)cc(-c2ccc(OC(F)F)nc2)c1. The van der Waals surface area contributed by atoms with Crippen molar-refractivity contribution in [3.63, 3.8) is 0 Å². The van der Waals surface area contributed by atoms with Gasteiger partial charge in [0.15, 0.2) is 0 Å². The minimum absolute atomic E-state index is 0.0643. The van der Waals surface area contributed by atoms with Crippen LogP contribution in [-0.4, -0.2) is 42.8 Å². The second-order valence-corrected chi connectivity index (χ2v) is 10.3. The van der Waals surface area contributed by atoms with Crippen LogP contribution in [0.5, 0.6) is 5.88 Å². The van der Waals surface area contributed by atoms with Crippen LogP contribution in [0.2, 0.25) is 0 Å². The molecule has 1 fully saturated rings. The Hall–Kier alpha value is -3.44. The van der Waals surface area contributed by atoms with Gasteiger partial charge in [-0.2, -0.15) is 13.1 Å². The van der Waals surface area contributed by atoms with Crippen molar-refractivity contribution < 1.29 is 31.1 Å². The Balaban J connectivity index is 1.46. The summed E-state index contributed by atoms with van der Waals surface area (Å²) in [5.41, 5.74) is 3.14. The number of sulfonamides is 1. The molecule has 0 spiro atoms. The Bertz CT molecular complexity index is 1330. The van der Waals surface area contributed by atoms with Crippen LogP contribution in [0.1, 0.15) is 24.0 Å². The highest BCUT2D eigenvalue weighted by atomic mass is 32.2. The number of nitrogens with zero attached hydrogens (tertiary/aromatic N) is 2. The second-order valence-electron chi connectivity index (χ2n) is 8.42. The maximum absolute atomic E-state index is 13.2. The molecule has 2 aromatic carbocycles. The van der Waals surface area contributed by atoms with Crippen molar-refractivity contribution in [1.82, 2.24) is 14.6 Å². The van der Waals surface area contributed by atoms with Gasteiger partial charge in [0.25, 0.3) is 0 Å². The number of aryl methyl sites for hydroxylation is 1. The average Bonchev–Trinajstić information content (AvgIpc) is 3.34. The van der Waals surface area contributed by atoms with E-state index in [0.717, 1.165) is 33.1 Å². The summed E-state index contributed by atoms with van der Waals surface area (Å²) in [6, 6.07) is 12.2. The highest BCUT2D eigenvalue weighted by Crippen LogP contribution is 2.27. The van der Waals surface area contributed by atoms with Crippen molar-refractivity contribution >= 4 is 15.9 Å². The lowest BCUT2D eigenvalue weighted by atomic mass is 10.0. The van der Waals surface area contributed by atoms with Crippen LogP contribution in [-0.2, 0) is 21.4 Å². The number of halogens is 3. The summed E-state index contributed by atoms with van der Waals surface area (Å²) in [6.45, 7) is -0.720. The number of carbonyl (C=O) groups is 1. The van der Waals surface area contributed by atoms with Gasteiger partial charge in [0, 0.05) is 30.9 Å². The molecule has 7 nitrogen and oxygen atoms in total. The molecule has 0 saturated carbocycles. The molecule has 190 valence electrons. The molecule has 1 aromatic heterocycles. The molecule has 1 aliphatic heterocycles. The maximum Gasteiger partial charge on any atom is 0.388 e. The molecule has 0 aliphatic carbocycles. The van der Waals surface area contributed by atoms with E-state index in [2.05, 4.69) is 15.0 Å². The monoisotopic (exact) mass is 519 g/mol. The molecular formula is C25H24F3N3O4S. The maximum atomic E-state index is 13.2. The Morgan fingerprint density at radius 1 is 1.14 bits per heavy atom. The van der Waals surface area contributed by atoms with E-state index in [0.29, 0.717) is 18.4 Å². The van der Waals surface area contributed by atoms with Crippen molar-refractivity contribution in [2.45, 2.75) is 43.9 Å². The molecule has 0 bridgehead atoms. The van der Waals surface area contributed by atoms with Crippen molar-refractivity contribution in [2.75, 3.05) is 6.54 Å². The Labute approximate surface area is 207 Å². The van der Waals surface area contributed by atoms with Crippen molar-refractivity contribution in [3.05, 3.63) is 77.7 Å². The van der Waals surface area contributed by atoms with E-state index in [4.69, 9.17) is 0 Å². The third-order valence-electron chi connectivity index (χ3n) is 5.81. The van der Waals surface area contributed by atoms with Gasteiger partial charge < -0.3 is 10.1 Å².